The highest BCUT2D eigenvalue weighted by Crippen LogP contribution is 2.23. The van der Waals surface area contributed by atoms with Gasteiger partial charge in [-0.05, 0) is 18.7 Å². The van der Waals surface area contributed by atoms with Crippen LogP contribution in [-0.2, 0) is 12.2 Å². The Morgan fingerprint density at radius 1 is 1.42 bits per heavy atom. The van der Waals surface area contributed by atoms with Crippen LogP contribution in [0.4, 0.5) is 11.4 Å². The minimum absolute atomic E-state index is 0.0370. The highest BCUT2D eigenvalue weighted by Gasteiger charge is 2.16. The number of amides is 1. The first-order valence-corrected chi connectivity index (χ1v) is 8.51. The molecule has 126 valence electrons. The maximum atomic E-state index is 12.3. The van der Waals surface area contributed by atoms with E-state index in [1.54, 1.807) is 12.1 Å². The van der Waals surface area contributed by atoms with Crippen LogP contribution in [-0.4, -0.2) is 27.1 Å². The molecule has 9 heteroatoms. The lowest BCUT2D eigenvalue weighted by molar-refractivity contribution is -0.385. The van der Waals surface area contributed by atoms with Crippen LogP contribution in [0.1, 0.15) is 28.8 Å². The van der Waals surface area contributed by atoms with Gasteiger partial charge in [0.1, 0.15) is 11.5 Å². The number of aryl methyl sites for hydroxylation is 1. The molecule has 0 spiro atoms. The Labute approximate surface area is 141 Å². The highest BCUT2D eigenvalue weighted by atomic mass is 32.2. The third kappa shape index (κ3) is 4.19. The van der Waals surface area contributed by atoms with Crippen LogP contribution < -0.4 is 10.9 Å². The van der Waals surface area contributed by atoms with E-state index in [1.165, 1.54) is 17.8 Å². The van der Waals surface area contributed by atoms with Crippen molar-refractivity contribution < 1.29 is 9.72 Å². The summed E-state index contributed by atoms with van der Waals surface area (Å²) in [5.41, 5.74) is 0.334. The van der Waals surface area contributed by atoms with Gasteiger partial charge >= 0.3 is 0 Å². The smallest absolute Gasteiger partial charge is 0.274 e. The molecule has 1 amide bonds. The third-order valence-electron chi connectivity index (χ3n) is 3.23. The summed E-state index contributed by atoms with van der Waals surface area (Å²) in [5.74, 6) is 0.266. The molecule has 1 heterocycles. The minimum atomic E-state index is -0.595. The molecule has 0 saturated carbocycles. The molecule has 0 aliphatic heterocycles. The van der Waals surface area contributed by atoms with E-state index in [2.05, 4.69) is 15.3 Å². The van der Waals surface area contributed by atoms with Gasteiger partial charge in [0, 0.05) is 23.4 Å². The number of thioether (sulfide) groups is 1. The summed E-state index contributed by atoms with van der Waals surface area (Å²) in [6, 6.07) is 5.57. The number of rotatable bonds is 6. The molecule has 0 saturated heterocycles. The van der Waals surface area contributed by atoms with E-state index in [0.29, 0.717) is 23.6 Å². The molecular formula is C15H16N4O4S. The molecule has 0 bridgehead atoms. The molecule has 1 aromatic carbocycles. The Morgan fingerprint density at radius 3 is 2.79 bits per heavy atom. The predicted octanol–water partition coefficient (Wildman–Crippen LogP) is 2.36. The molecule has 24 heavy (non-hydrogen) atoms. The number of H-pyrrole nitrogens is 1. The molecule has 2 aromatic rings. The second kappa shape index (κ2) is 7.73. The van der Waals surface area contributed by atoms with Gasteiger partial charge in [-0.3, -0.25) is 19.7 Å². The van der Waals surface area contributed by atoms with Crippen molar-refractivity contribution in [3.63, 3.8) is 0 Å². The molecule has 2 rings (SSSR count). The van der Waals surface area contributed by atoms with Crippen LogP contribution in [0, 0.1) is 10.1 Å². The fraction of sp³-hybridized carbons (Fsp3) is 0.267. The van der Waals surface area contributed by atoms with Crippen molar-refractivity contribution in [1.82, 2.24) is 9.97 Å². The van der Waals surface area contributed by atoms with E-state index in [9.17, 15) is 19.7 Å². The number of nitro groups is 1. The average molecular weight is 348 g/mol. The zero-order chi connectivity index (χ0) is 17.7. The number of aromatic amines is 1. The highest BCUT2D eigenvalue weighted by molar-refractivity contribution is 7.97. The molecule has 0 aliphatic carbocycles. The lowest BCUT2D eigenvalue weighted by Gasteiger charge is -2.07. The van der Waals surface area contributed by atoms with Crippen LogP contribution in [0.2, 0.25) is 0 Å². The molecule has 0 radical (unpaired) electrons. The maximum Gasteiger partial charge on any atom is 0.274 e. The van der Waals surface area contributed by atoms with E-state index in [0.717, 1.165) is 6.07 Å². The Bertz CT molecular complexity index is 834. The Balaban J connectivity index is 2.28. The zero-order valence-electron chi connectivity index (χ0n) is 13.2. The van der Waals surface area contributed by atoms with Crippen LogP contribution in [0.25, 0.3) is 0 Å². The van der Waals surface area contributed by atoms with Gasteiger partial charge in [-0.25, -0.2) is 4.98 Å². The van der Waals surface area contributed by atoms with E-state index >= 15 is 0 Å². The van der Waals surface area contributed by atoms with Gasteiger partial charge in [0.2, 0.25) is 0 Å². The molecule has 0 unspecified atom stereocenters. The molecule has 0 aliphatic rings. The van der Waals surface area contributed by atoms with Gasteiger partial charge < -0.3 is 10.3 Å². The van der Waals surface area contributed by atoms with Gasteiger partial charge in [-0.2, -0.15) is 11.8 Å². The monoisotopic (exact) mass is 348 g/mol. The van der Waals surface area contributed by atoms with Crippen LogP contribution in [0.15, 0.2) is 29.1 Å². The second-order valence-corrected chi connectivity index (χ2v) is 5.78. The second-order valence-electron chi connectivity index (χ2n) is 4.92. The summed E-state index contributed by atoms with van der Waals surface area (Å²) in [6.45, 7) is 1.81. The van der Waals surface area contributed by atoms with Crippen LogP contribution in [0.5, 0.6) is 0 Å². The number of nitro benzene ring substituents is 1. The predicted molar refractivity (Wildman–Crippen MR) is 92.5 cm³/mol. The first-order valence-electron chi connectivity index (χ1n) is 7.12. The summed E-state index contributed by atoms with van der Waals surface area (Å²) in [5, 5.41) is 13.6. The number of hydrogen-bond acceptors (Lipinski definition) is 6. The average Bonchev–Trinajstić information content (AvgIpc) is 2.54. The number of nitrogens with zero attached hydrogens (tertiary/aromatic N) is 2. The van der Waals surface area contributed by atoms with Crippen molar-refractivity contribution in [2.24, 2.45) is 0 Å². The number of nitrogens with one attached hydrogen (secondary N) is 2. The third-order valence-corrected chi connectivity index (χ3v) is 3.79. The minimum Gasteiger partial charge on any atom is -0.320 e. The quantitative estimate of drug-likeness (QED) is 0.611. The van der Waals surface area contributed by atoms with E-state index < -0.39 is 16.4 Å². The maximum absolute atomic E-state index is 12.3. The summed E-state index contributed by atoms with van der Waals surface area (Å²) < 4.78 is 0. The topological polar surface area (TPSA) is 118 Å². The Morgan fingerprint density at radius 2 is 2.17 bits per heavy atom. The van der Waals surface area contributed by atoms with Crippen molar-refractivity contribution in [2.75, 3.05) is 11.6 Å². The van der Waals surface area contributed by atoms with Crippen molar-refractivity contribution in [3.05, 3.63) is 61.8 Å². The summed E-state index contributed by atoms with van der Waals surface area (Å²) >= 11 is 1.46. The van der Waals surface area contributed by atoms with Crippen molar-refractivity contribution in [3.8, 4) is 0 Å². The van der Waals surface area contributed by atoms with Crippen molar-refractivity contribution in [1.29, 1.82) is 0 Å². The number of carbonyl (C=O) groups is 1. The summed E-state index contributed by atoms with van der Waals surface area (Å²) in [4.78, 5) is 41.1. The molecule has 2 N–H and O–H groups in total. The number of hydrogen-bond donors (Lipinski definition) is 2. The molecule has 0 atom stereocenters. The number of aromatic nitrogens is 2. The zero-order valence-corrected chi connectivity index (χ0v) is 14.0. The van der Waals surface area contributed by atoms with Crippen LogP contribution in [0.3, 0.4) is 0 Å². The molecule has 1 aromatic heterocycles. The van der Waals surface area contributed by atoms with E-state index in [4.69, 9.17) is 0 Å². The lowest BCUT2D eigenvalue weighted by Crippen LogP contribution is -2.20. The van der Waals surface area contributed by atoms with Gasteiger partial charge in [0.05, 0.1) is 10.7 Å². The Hall–Kier alpha value is -2.68. The first-order chi connectivity index (χ1) is 11.4. The lowest BCUT2D eigenvalue weighted by atomic mass is 10.1. The molecular weight excluding hydrogens is 332 g/mol. The normalized spacial score (nSPS) is 10.4. The summed E-state index contributed by atoms with van der Waals surface area (Å²) in [7, 11) is 0. The van der Waals surface area contributed by atoms with E-state index in [1.807, 2.05) is 13.2 Å². The summed E-state index contributed by atoms with van der Waals surface area (Å²) in [6.07, 6.45) is 2.36. The SMILES string of the molecule is CCc1ccc(NC(=O)c2cc(=O)[nH]c(CSC)n2)cc1[N+](=O)[O-]. The van der Waals surface area contributed by atoms with Crippen LogP contribution >= 0.6 is 11.8 Å². The fourth-order valence-electron chi connectivity index (χ4n) is 2.14. The molecule has 8 nitrogen and oxygen atoms in total. The van der Waals surface area contributed by atoms with Crippen molar-refractivity contribution in [2.45, 2.75) is 19.1 Å². The number of benzene rings is 1. The number of anilines is 1. The van der Waals surface area contributed by atoms with Gasteiger partial charge in [0.15, 0.2) is 0 Å². The standard InChI is InChI=1S/C15H16N4O4S/c1-3-9-4-5-10(6-12(9)19(22)23)16-15(21)11-7-14(20)18-13(17-11)8-24-2/h4-7H,3,8H2,1-2H3,(H,16,21)(H,17,18,20). The van der Waals surface area contributed by atoms with Crippen molar-refractivity contribution >= 4 is 29.0 Å². The van der Waals surface area contributed by atoms with Gasteiger partial charge in [0.25, 0.3) is 17.2 Å². The van der Waals surface area contributed by atoms with Gasteiger partial charge in [-0.1, -0.05) is 13.0 Å². The van der Waals surface area contributed by atoms with Gasteiger partial charge in [-0.15, -0.1) is 0 Å². The molecule has 0 fully saturated rings. The number of carbonyl (C=O) groups excluding carboxylic acids is 1. The first kappa shape index (κ1) is 17.7. The van der Waals surface area contributed by atoms with E-state index in [-0.39, 0.29) is 17.1 Å². The Kier molecular flexibility index (Phi) is 5.69. The largest absolute Gasteiger partial charge is 0.320 e. The fourth-order valence-corrected chi connectivity index (χ4v) is 2.55.